The molecule has 0 spiro atoms. The molecule has 6 heteroatoms. The van der Waals surface area contributed by atoms with Gasteiger partial charge in [-0.25, -0.2) is 4.79 Å². The van der Waals surface area contributed by atoms with E-state index in [2.05, 4.69) is 27.8 Å². The number of hydrogen-bond donors (Lipinski definition) is 1. The van der Waals surface area contributed by atoms with Gasteiger partial charge in [-0.2, -0.15) is 0 Å². The van der Waals surface area contributed by atoms with Crippen molar-refractivity contribution in [1.82, 2.24) is 4.57 Å². The Hall–Kier alpha value is -2.34. The second kappa shape index (κ2) is 8.16. The first-order chi connectivity index (χ1) is 11.9. The molecule has 2 rings (SSSR count). The fourth-order valence-electron chi connectivity index (χ4n) is 2.81. The van der Waals surface area contributed by atoms with Crippen LogP contribution in [0.15, 0.2) is 41.4 Å². The van der Waals surface area contributed by atoms with Crippen LogP contribution in [0.3, 0.4) is 0 Å². The van der Waals surface area contributed by atoms with Crippen molar-refractivity contribution in [3.63, 3.8) is 0 Å². The Morgan fingerprint density at radius 3 is 2.68 bits per heavy atom. The lowest BCUT2D eigenvalue weighted by atomic mass is 10.1. The second-order valence-electron chi connectivity index (χ2n) is 5.52. The molecule has 0 aliphatic heterocycles. The lowest BCUT2D eigenvalue weighted by Gasteiger charge is -2.09. The van der Waals surface area contributed by atoms with Gasteiger partial charge in [0.05, 0.1) is 12.2 Å². The monoisotopic (exact) mass is 404 g/mol. The highest BCUT2D eigenvalue weighted by Crippen LogP contribution is 2.25. The summed E-state index contributed by atoms with van der Waals surface area (Å²) >= 11 is 3.38. The van der Waals surface area contributed by atoms with Gasteiger partial charge in [-0.3, -0.25) is 4.79 Å². The summed E-state index contributed by atoms with van der Waals surface area (Å²) in [6.45, 7) is 9.75. The van der Waals surface area contributed by atoms with E-state index in [-0.39, 0.29) is 12.5 Å². The summed E-state index contributed by atoms with van der Waals surface area (Å²) < 4.78 is 7.78. The summed E-state index contributed by atoms with van der Waals surface area (Å²) in [6, 6.07) is 7.34. The lowest BCUT2D eigenvalue weighted by molar-refractivity contribution is 0.0513. The Kier molecular flexibility index (Phi) is 6.20. The molecule has 0 aliphatic rings. The van der Waals surface area contributed by atoms with Crippen LogP contribution in [0.2, 0.25) is 0 Å². The molecular weight excluding hydrogens is 384 g/mol. The highest BCUT2D eigenvalue weighted by molar-refractivity contribution is 9.10. The summed E-state index contributed by atoms with van der Waals surface area (Å²) in [5.74, 6) is -0.701. The number of anilines is 1. The molecule has 0 saturated carbocycles. The molecule has 0 fully saturated rings. The van der Waals surface area contributed by atoms with Crippen LogP contribution in [0.25, 0.3) is 0 Å². The molecule has 1 amide bonds. The Morgan fingerprint density at radius 2 is 2.08 bits per heavy atom. The minimum absolute atomic E-state index is 0.263. The molecule has 0 unspecified atom stereocenters. The molecule has 132 valence electrons. The number of rotatable bonds is 6. The number of carbonyl (C=O) groups excluding carboxylic acids is 2. The van der Waals surface area contributed by atoms with Crippen molar-refractivity contribution in [3.05, 3.63) is 63.9 Å². The van der Waals surface area contributed by atoms with Crippen LogP contribution in [0, 0.1) is 13.8 Å². The number of nitrogens with zero attached hydrogens (tertiary/aromatic N) is 1. The van der Waals surface area contributed by atoms with Crippen LogP contribution in [0.1, 0.15) is 39.0 Å². The minimum atomic E-state index is -0.438. The highest BCUT2D eigenvalue weighted by atomic mass is 79.9. The van der Waals surface area contributed by atoms with E-state index in [1.165, 1.54) is 0 Å². The van der Waals surface area contributed by atoms with Gasteiger partial charge in [-0.05, 0) is 44.5 Å². The normalized spacial score (nSPS) is 10.4. The molecule has 1 aromatic carbocycles. The van der Waals surface area contributed by atoms with Crippen LogP contribution >= 0.6 is 15.9 Å². The third-order valence-corrected chi connectivity index (χ3v) is 4.35. The van der Waals surface area contributed by atoms with Gasteiger partial charge in [-0.1, -0.05) is 28.1 Å². The molecule has 1 heterocycles. The third kappa shape index (κ3) is 4.02. The van der Waals surface area contributed by atoms with Gasteiger partial charge in [0.25, 0.3) is 5.91 Å². The molecule has 25 heavy (non-hydrogen) atoms. The SMILES string of the molecule is C=CCn1c(C)c(C(=O)Nc2cccc(Br)c2)c(C)c1C(=O)OCC. The van der Waals surface area contributed by atoms with Gasteiger partial charge in [0.2, 0.25) is 0 Å². The van der Waals surface area contributed by atoms with Crippen LogP contribution in [-0.2, 0) is 11.3 Å². The first-order valence-corrected chi connectivity index (χ1v) is 8.74. The number of halogens is 1. The summed E-state index contributed by atoms with van der Waals surface area (Å²) in [7, 11) is 0. The summed E-state index contributed by atoms with van der Waals surface area (Å²) in [4.78, 5) is 25.1. The van der Waals surface area contributed by atoms with E-state index < -0.39 is 5.97 Å². The number of hydrogen-bond acceptors (Lipinski definition) is 3. The van der Waals surface area contributed by atoms with Crippen LogP contribution in [0.4, 0.5) is 5.69 Å². The largest absolute Gasteiger partial charge is 0.461 e. The number of ether oxygens (including phenoxy) is 1. The van der Waals surface area contributed by atoms with Gasteiger partial charge in [0.1, 0.15) is 5.69 Å². The predicted molar refractivity (Wildman–Crippen MR) is 102 cm³/mol. The van der Waals surface area contributed by atoms with Crippen molar-refractivity contribution < 1.29 is 14.3 Å². The maximum absolute atomic E-state index is 12.8. The van der Waals surface area contributed by atoms with E-state index in [0.29, 0.717) is 34.7 Å². The summed E-state index contributed by atoms with van der Waals surface area (Å²) in [6.07, 6.45) is 1.69. The Bertz CT molecular complexity index is 824. The number of benzene rings is 1. The number of aromatic nitrogens is 1. The molecular formula is C19H21BrN2O3. The summed E-state index contributed by atoms with van der Waals surface area (Å²) in [5.41, 5.74) is 2.84. The van der Waals surface area contributed by atoms with E-state index in [9.17, 15) is 9.59 Å². The topological polar surface area (TPSA) is 60.3 Å². The van der Waals surface area contributed by atoms with Crippen molar-refractivity contribution >= 4 is 33.5 Å². The molecule has 0 saturated heterocycles. The average Bonchev–Trinajstić information content (AvgIpc) is 2.78. The molecule has 1 aromatic heterocycles. The van der Waals surface area contributed by atoms with Crippen LogP contribution < -0.4 is 5.32 Å². The highest BCUT2D eigenvalue weighted by Gasteiger charge is 2.26. The van der Waals surface area contributed by atoms with Gasteiger partial charge in [0, 0.05) is 22.4 Å². The van der Waals surface area contributed by atoms with Crippen molar-refractivity contribution in [2.24, 2.45) is 0 Å². The van der Waals surface area contributed by atoms with Gasteiger partial charge in [0.15, 0.2) is 0 Å². The maximum Gasteiger partial charge on any atom is 0.355 e. The van der Waals surface area contributed by atoms with E-state index in [4.69, 9.17) is 4.74 Å². The number of carbonyl (C=O) groups is 2. The smallest absolute Gasteiger partial charge is 0.355 e. The van der Waals surface area contributed by atoms with E-state index in [1.807, 2.05) is 25.1 Å². The molecule has 0 aliphatic carbocycles. The molecule has 0 radical (unpaired) electrons. The first kappa shape index (κ1) is 19.0. The predicted octanol–water partition coefficient (Wildman–Crippen LogP) is 4.48. The van der Waals surface area contributed by atoms with Crippen LogP contribution in [-0.4, -0.2) is 23.1 Å². The minimum Gasteiger partial charge on any atom is -0.461 e. The second-order valence-corrected chi connectivity index (χ2v) is 6.43. The standard InChI is InChI=1S/C19H21BrN2O3/c1-5-10-22-13(4)16(12(3)17(22)19(24)25-6-2)18(23)21-15-9-7-8-14(20)11-15/h5,7-9,11H,1,6,10H2,2-4H3,(H,21,23). The first-order valence-electron chi connectivity index (χ1n) is 7.95. The number of amides is 1. The molecule has 1 N–H and O–H groups in total. The molecule has 0 bridgehead atoms. The Balaban J connectivity index is 2.46. The quantitative estimate of drug-likeness (QED) is 0.570. The van der Waals surface area contributed by atoms with Crippen molar-refractivity contribution in [2.45, 2.75) is 27.3 Å². The number of nitrogens with one attached hydrogen (secondary N) is 1. The lowest BCUT2D eigenvalue weighted by Crippen LogP contribution is -2.14. The molecule has 5 nitrogen and oxygen atoms in total. The maximum atomic E-state index is 12.8. The molecule has 2 aromatic rings. The van der Waals surface area contributed by atoms with Gasteiger partial charge >= 0.3 is 5.97 Å². The van der Waals surface area contributed by atoms with E-state index in [1.54, 1.807) is 30.6 Å². The fraction of sp³-hybridized carbons (Fsp3) is 0.263. The van der Waals surface area contributed by atoms with E-state index in [0.717, 1.165) is 4.47 Å². The average molecular weight is 405 g/mol. The van der Waals surface area contributed by atoms with Gasteiger partial charge < -0.3 is 14.6 Å². The van der Waals surface area contributed by atoms with Crippen LogP contribution in [0.5, 0.6) is 0 Å². The zero-order valence-electron chi connectivity index (χ0n) is 14.6. The van der Waals surface area contributed by atoms with Crippen molar-refractivity contribution in [3.8, 4) is 0 Å². The zero-order chi connectivity index (χ0) is 18.6. The number of esters is 1. The Morgan fingerprint density at radius 1 is 1.36 bits per heavy atom. The summed E-state index contributed by atoms with van der Waals surface area (Å²) in [5, 5.41) is 2.87. The van der Waals surface area contributed by atoms with E-state index >= 15 is 0 Å². The van der Waals surface area contributed by atoms with Crippen molar-refractivity contribution in [2.75, 3.05) is 11.9 Å². The molecule has 0 atom stereocenters. The zero-order valence-corrected chi connectivity index (χ0v) is 16.1. The fourth-order valence-corrected chi connectivity index (χ4v) is 3.21. The van der Waals surface area contributed by atoms with Crippen molar-refractivity contribution in [1.29, 1.82) is 0 Å². The Labute approximate surface area is 155 Å². The van der Waals surface area contributed by atoms with Gasteiger partial charge in [-0.15, -0.1) is 6.58 Å². The third-order valence-electron chi connectivity index (χ3n) is 3.86. The number of allylic oxidation sites excluding steroid dienone is 1.